The van der Waals surface area contributed by atoms with Crippen molar-refractivity contribution in [2.24, 2.45) is 29.4 Å². The van der Waals surface area contributed by atoms with Crippen LogP contribution in [0, 0.1) is 23.7 Å². The zero-order valence-corrected chi connectivity index (χ0v) is 31.0. The Balaban J connectivity index is 2.15. The molecule has 0 aliphatic carbocycles. The fourth-order valence-corrected chi connectivity index (χ4v) is 6.15. The molecule has 1 heterocycles. The number of aliphatic hydroxyl groups excluding tert-OH is 1. The molecule has 11 heteroatoms. The number of nitrogens with one attached hydrogen (secondary N) is 1. The Hall–Kier alpha value is -2.89. The van der Waals surface area contributed by atoms with Gasteiger partial charge in [-0.05, 0) is 62.0 Å². The Labute approximate surface area is 289 Å². The Morgan fingerprint density at radius 1 is 1.00 bits per heavy atom. The lowest BCUT2D eigenvalue weighted by atomic mass is 9.83. The number of anilines is 1. The van der Waals surface area contributed by atoms with E-state index in [0.29, 0.717) is 76.6 Å². The Kier molecular flexibility index (Phi) is 18.3. The first kappa shape index (κ1) is 41.3. The molecular weight excluding hydrogens is 610 g/mol. The number of piperazine rings is 1. The average molecular weight is 676 g/mol. The minimum absolute atomic E-state index is 0.0310. The summed E-state index contributed by atoms with van der Waals surface area (Å²) in [5.41, 5.74) is 8.03. The van der Waals surface area contributed by atoms with Gasteiger partial charge in [0, 0.05) is 90.7 Å². The van der Waals surface area contributed by atoms with Crippen molar-refractivity contribution in [3.05, 3.63) is 23.8 Å². The highest BCUT2D eigenvalue weighted by Crippen LogP contribution is 2.30. The fraction of sp³-hybridized carbons (Fsp3) is 0.757. The van der Waals surface area contributed by atoms with E-state index in [1.165, 1.54) is 0 Å². The van der Waals surface area contributed by atoms with Crippen LogP contribution in [0.25, 0.3) is 0 Å². The van der Waals surface area contributed by atoms with Crippen molar-refractivity contribution in [3.63, 3.8) is 0 Å². The van der Waals surface area contributed by atoms with E-state index in [4.69, 9.17) is 15.2 Å². The van der Waals surface area contributed by atoms with E-state index >= 15 is 0 Å². The molecule has 0 spiro atoms. The van der Waals surface area contributed by atoms with Crippen LogP contribution in [0.3, 0.4) is 0 Å². The molecule has 0 saturated carbocycles. The summed E-state index contributed by atoms with van der Waals surface area (Å²) in [7, 11) is 3.48. The molecule has 4 atom stereocenters. The van der Waals surface area contributed by atoms with E-state index in [9.17, 15) is 19.5 Å². The highest BCUT2D eigenvalue weighted by atomic mass is 16.5. The van der Waals surface area contributed by atoms with Crippen LogP contribution >= 0.6 is 0 Å². The molecule has 48 heavy (non-hydrogen) atoms. The zero-order valence-electron chi connectivity index (χ0n) is 31.0. The smallest absolute Gasteiger partial charge is 0.257 e. The van der Waals surface area contributed by atoms with Gasteiger partial charge in [-0.25, -0.2) is 0 Å². The van der Waals surface area contributed by atoms with Crippen LogP contribution < -0.4 is 20.7 Å². The summed E-state index contributed by atoms with van der Waals surface area (Å²) < 4.78 is 11.4. The molecule has 11 nitrogen and oxygen atoms in total. The van der Waals surface area contributed by atoms with Crippen LogP contribution in [0.15, 0.2) is 18.2 Å². The summed E-state index contributed by atoms with van der Waals surface area (Å²) in [6.45, 7) is 16.8. The Morgan fingerprint density at radius 2 is 1.67 bits per heavy atom. The van der Waals surface area contributed by atoms with Gasteiger partial charge >= 0.3 is 0 Å². The second-order valence-electron chi connectivity index (χ2n) is 14.1. The summed E-state index contributed by atoms with van der Waals surface area (Å²) >= 11 is 0. The topological polar surface area (TPSA) is 138 Å². The molecule has 274 valence electrons. The maximum atomic E-state index is 13.9. The minimum Gasteiger partial charge on any atom is -0.493 e. The molecule has 0 radical (unpaired) electrons. The third-order valence-corrected chi connectivity index (χ3v) is 9.62. The molecular formula is C37H65N5O6. The Bertz CT molecular complexity index is 1120. The van der Waals surface area contributed by atoms with Crippen LogP contribution in [0.2, 0.25) is 0 Å². The highest BCUT2D eigenvalue weighted by molar-refractivity contribution is 5.97. The van der Waals surface area contributed by atoms with E-state index in [2.05, 4.69) is 31.0 Å². The van der Waals surface area contributed by atoms with Crippen molar-refractivity contribution in [2.75, 3.05) is 71.5 Å². The summed E-state index contributed by atoms with van der Waals surface area (Å²) in [5.74, 6) is 0.457. The maximum Gasteiger partial charge on any atom is 0.257 e. The van der Waals surface area contributed by atoms with Crippen molar-refractivity contribution in [1.82, 2.24) is 15.1 Å². The van der Waals surface area contributed by atoms with Gasteiger partial charge in [0.1, 0.15) is 5.75 Å². The van der Waals surface area contributed by atoms with E-state index in [1.807, 2.05) is 36.9 Å². The van der Waals surface area contributed by atoms with Crippen LogP contribution in [-0.4, -0.2) is 111 Å². The van der Waals surface area contributed by atoms with Gasteiger partial charge in [-0.15, -0.1) is 0 Å². The number of hydrogen-bond donors (Lipinski definition) is 3. The number of nitrogens with two attached hydrogens (primary N) is 1. The molecule has 4 N–H and O–H groups in total. The van der Waals surface area contributed by atoms with Crippen LogP contribution in [0.4, 0.5) is 5.69 Å². The molecule has 1 aromatic rings. The summed E-state index contributed by atoms with van der Waals surface area (Å²) in [4.78, 5) is 44.4. The van der Waals surface area contributed by atoms with Crippen molar-refractivity contribution >= 4 is 23.4 Å². The van der Waals surface area contributed by atoms with Gasteiger partial charge in [0.25, 0.3) is 5.91 Å². The molecule has 0 bridgehead atoms. The predicted octanol–water partition coefficient (Wildman–Crippen LogP) is 4.16. The first-order chi connectivity index (χ1) is 22.8. The van der Waals surface area contributed by atoms with Crippen molar-refractivity contribution in [2.45, 2.75) is 92.2 Å². The van der Waals surface area contributed by atoms with Crippen LogP contribution in [0.5, 0.6) is 5.75 Å². The van der Waals surface area contributed by atoms with Gasteiger partial charge in [0.15, 0.2) is 0 Å². The van der Waals surface area contributed by atoms with Gasteiger partial charge in [-0.1, -0.05) is 41.0 Å². The fourth-order valence-electron chi connectivity index (χ4n) is 6.15. The standard InChI is InChI=1S/C37H65N5O6/c1-9-10-15-39-36(45)32(27(4)5)24-34(44)33(38)22-29(26(2)3)25-40(7)37(46)31-14-13-30(23-35(31)48-21-12-11-20-47-8)42-18-16-41(17-19-42)28(6)43/h13-14,23,26-27,29,32-34,44H,9-12,15-22,24-25,38H2,1-8H3,(H,39,45)/t29-,32+,33+,34+/m1/s1. The SMILES string of the molecule is CCCCNC(=O)[C@@H](C[C@H](O)[C@@H](N)C[C@H](CN(C)C(=O)c1ccc(N2CCN(C(C)=O)CC2)cc1OCCCCOC)C(C)C)C(C)C. The maximum absolute atomic E-state index is 13.9. The second kappa shape index (κ2) is 21.3. The second-order valence-corrected chi connectivity index (χ2v) is 14.1. The number of methoxy groups -OCH3 is 1. The number of carbonyl (C=O) groups is 3. The number of carbonyl (C=O) groups excluding carboxylic acids is 3. The van der Waals surface area contributed by atoms with E-state index in [1.54, 1.807) is 26.0 Å². The molecule has 3 amide bonds. The Morgan fingerprint density at radius 3 is 2.25 bits per heavy atom. The van der Waals surface area contributed by atoms with Gasteiger partial charge in [-0.2, -0.15) is 0 Å². The molecule has 0 unspecified atom stereocenters. The third-order valence-electron chi connectivity index (χ3n) is 9.62. The molecule has 1 fully saturated rings. The van der Waals surface area contributed by atoms with Crippen molar-refractivity contribution < 1.29 is 29.0 Å². The number of amides is 3. The number of benzene rings is 1. The number of rotatable bonds is 21. The largest absolute Gasteiger partial charge is 0.493 e. The number of ether oxygens (including phenoxy) is 2. The third kappa shape index (κ3) is 13.2. The molecule has 1 aromatic carbocycles. The van der Waals surface area contributed by atoms with E-state index in [0.717, 1.165) is 31.4 Å². The lowest BCUT2D eigenvalue weighted by molar-refractivity contribution is -0.129. The van der Waals surface area contributed by atoms with Gasteiger partial charge in [0.05, 0.1) is 18.3 Å². The van der Waals surface area contributed by atoms with Crippen LogP contribution in [-0.2, 0) is 14.3 Å². The van der Waals surface area contributed by atoms with Gasteiger partial charge < -0.3 is 40.3 Å². The first-order valence-electron chi connectivity index (χ1n) is 18.0. The zero-order chi connectivity index (χ0) is 35.8. The lowest BCUT2D eigenvalue weighted by Crippen LogP contribution is -2.48. The van der Waals surface area contributed by atoms with Gasteiger partial charge in [0.2, 0.25) is 11.8 Å². The first-order valence-corrected chi connectivity index (χ1v) is 18.0. The number of hydrogen-bond acceptors (Lipinski definition) is 8. The molecule has 0 aromatic heterocycles. The van der Waals surface area contributed by atoms with E-state index in [-0.39, 0.29) is 41.4 Å². The average Bonchev–Trinajstić information content (AvgIpc) is 3.05. The number of aliphatic hydroxyl groups is 1. The number of unbranched alkanes of at least 4 members (excludes halogenated alkanes) is 2. The number of nitrogens with zero attached hydrogens (tertiary/aromatic N) is 3. The summed E-state index contributed by atoms with van der Waals surface area (Å²) in [6, 6.07) is 5.21. The summed E-state index contributed by atoms with van der Waals surface area (Å²) in [6.07, 6.45) is 3.57. The molecule has 1 aliphatic rings. The van der Waals surface area contributed by atoms with E-state index < -0.39 is 12.1 Å². The predicted molar refractivity (Wildman–Crippen MR) is 192 cm³/mol. The molecule has 1 saturated heterocycles. The van der Waals surface area contributed by atoms with Crippen LogP contribution in [0.1, 0.15) is 90.4 Å². The summed E-state index contributed by atoms with van der Waals surface area (Å²) in [5, 5.41) is 14.1. The normalized spacial score (nSPS) is 16.1. The molecule has 2 rings (SSSR count). The quantitative estimate of drug-likeness (QED) is 0.165. The highest BCUT2D eigenvalue weighted by Gasteiger charge is 2.31. The van der Waals surface area contributed by atoms with Gasteiger partial charge in [-0.3, -0.25) is 14.4 Å². The lowest BCUT2D eigenvalue weighted by Gasteiger charge is -2.36. The van der Waals surface area contributed by atoms with Crippen molar-refractivity contribution in [3.8, 4) is 5.75 Å². The monoisotopic (exact) mass is 675 g/mol. The molecule has 1 aliphatic heterocycles. The minimum atomic E-state index is -0.834. The van der Waals surface area contributed by atoms with Crippen molar-refractivity contribution in [1.29, 1.82) is 0 Å².